The number of carbonyl (C=O) groups excluding carboxylic acids is 1. The summed E-state index contributed by atoms with van der Waals surface area (Å²) >= 11 is 1.88. The second kappa shape index (κ2) is 5.82. The molecule has 0 spiro atoms. The highest BCUT2D eigenvalue weighted by atomic mass is 127. The molecule has 0 saturated carbocycles. The SMILES string of the molecule is O=C(NI)C(c1ccccc1)c1ccccc1. The van der Waals surface area contributed by atoms with Crippen LogP contribution in [0.25, 0.3) is 0 Å². The summed E-state index contributed by atoms with van der Waals surface area (Å²) in [5.74, 6) is -0.239. The second-order valence-electron chi connectivity index (χ2n) is 3.71. The summed E-state index contributed by atoms with van der Waals surface area (Å²) in [5.41, 5.74) is 2.01. The van der Waals surface area contributed by atoms with Gasteiger partial charge in [0.2, 0.25) is 5.91 Å². The van der Waals surface area contributed by atoms with Gasteiger partial charge in [0, 0.05) is 0 Å². The predicted molar refractivity (Wildman–Crippen MR) is 76.9 cm³/mol. The van der Waals surface area contributed by atoms with Gasteiger partial charge in [0.05, 0.1) is 28.8 Å². The zero-order chi connectivity index (χ0) is 12.1. The number of benzene rings is 2. The van der Waals surface area contributed by atoms with Gasteiger partial charge < -0.3 is 0 Å². The lowest BCUT2D eigenvalue weighted by Crippen LogP contribution is -2.22. The Kier molecular flexibility index (Phi) is 4.14. The van der Waals surface area contributed by atoms with E-state index in [0.29, 0.717) is 0 Å². The number of halogens is 1. The van der Waals surface area contributed by atoms with Gasteiger partial charge in [-0.25, -0.2) is 0 Å². The Morgan fingerprint density at radius 3 is 1.65 bits per heavy atom. The summed E-state index contributed by atoms with van der Waals surface area (Å²) < 4.78 is 2.69. The summed E-state index contributed by atoms with van der Waals surface area (Å²) in [5, 5.41) is 0. The van der Waals surface area contributed by atoms with Gasteiger partial charge in [0.1, 0.15) is 0 Å². The number of rotatable bonds is 3. The normalized spacial score (nSPS) is 10.2. The molecule has 2 aromatic rings. The number of carbonyl (C=O) groups is 1. The van der Waals surface area contributed by atoms with Crippen LogP contribution in [0.4, 0.5) is 0 Å². The topological polar surface area (TPSA) is 29.1 Å². The third-order valence-electron chi connectivity index (χ3n) is 2.62. The van der Waals surface area contributed by atoms with Crippen LogP contribution < -0.4 is 3.53 Å². The zero-order valence-corrected chi connectivity index (χ0v) is 11.3. The smallest absolute Gasteiger partial charge is 0.240 e. The Balaban J connectivity index is 2.43. The van der Waals surface area contributed by atoms with E-state index in [0.717, 1.165) is 11.1 Å². The minimum Gasteiger partial charge on any atom is -0.298 e. The van der Waals surface area contributed by atoms with E-state index in [2.05, 4.69) is 3.53 Å². The van der Waals surface area contributed by atoms with E-state index in [9.17, 15) is 4.79 Å². The van der Waals surface area contributed by atoms with Gasteiger partial charge in [-0.15, -0.1) is 0 Å². The summed E-state index contributed by atoms with van der Waals surface area (Å²) in [6.07, 6.45) is 0. The molecule has 0 saturated heterocycles. The van der Waals surface area contributed by atoms with Crippen LogP contribution in [0.2, 0.25) is 0 Å². The highest BCUT2D eigenvalue weighted by Gasteiger charge is 2.21. The molecule has 17 heavy (non-hydrogen) atoms. The number of hydrogen-bond acceptors (Lipinski definition) is 1. The van der Waals surface area contributed by atoms with Crippen molar-refractivity contribution in [2.75, 3.05) is 0 Å². The van der Waals surface area contributed by atoms with Gasteiger partial charge >= 0.3 is 0 Å². The van der Waals surface area contributed by atoms with E-state index >= 15 is 0 Å². The van der Waals surface area contributed by atoms with E-state index in [1.54, 1.807) is 0 Å². The fourth-order valence-electron chi connectivity index (χ4n) is 1.84. The van der Waals surface area contributed by atoms with E-state index in [-0.39, 0.29) is 11.8 Å². The van der Waals surface area contributed by atoms with E-state index in [4.69, 9.17) is 0 Å². The number of nitrogens with one attached hydrogen (secondary N) is 1. The molecule has 1 N–H and O–H groups in total. The van der Waals surface area contributed by atoms with Crippen LogP contribution in [0.3, 0.4) is 0 Å². The molecule has 0 fully saturated rings. The van der Waals surface area contributed by atoms with Crippen molar-refractivity contribution in [1.82, 2.24) is 3.53 Å². The first-order chi connectivity index (χ1) is 8.33. The number of amides is 1. The van der Waals surface area contributed by atoms with Crippen molar-refractivity contribution in [3.63, 3.8) is 0 Å². The lowest BCUT2D eigenvalue weighted by molar-refractivity contribution is -0.119. The third-order valence-corrected chi connectivity index (χ3v) is 3.15. The summed E-state index contributed by atoms with van der Waals surface area (Å²) in [6.45, 7) is 0. The van der Waals surface area contributed by atoms with Crippen molar-refractivity contribution in [3.05, 3.63) is 71.8 Å². The van der Waals surface area contributed by atoms with Crippen molar-refractivity contribution >= 4 is 28.8 Å². The first-order valence-electron chi connectivity index (χ1n) is 5.33. The lowest BCUT2D eigenvalue weighted by Gasteiger charge is -2.15. The molecule has 1 amide bonds. The average Bonchev–Trinajstić information content (AvgIpc) is 2.41. The standard InChI is InChI=1S/C14H12INO/c15-16-14(17)13(11-7-3-1-4-8-11)12-9-5-2-6-10-12/h1-10,13H,(H,16,17). The molecule has 0 radical (unpaired) electrons. The zero-order valence-electron chi connectivity index (χ0n) is 9.14. The van der Waals surface area contributed by atoms with Crippen LogP contribution in [0.15, 0.2) is 60.7 Å². The van der Waals surface area contributed by atoms with Crippen molar-refractivity contribution in [2.45, 2.75) is 5.92 Å². The van der Waals surface area contributed by atoms with Crippen molar-refractivity contribution in [2.24, 2.45) is 0 Å². The van der Waals surface area contributed by atoms with Crippen LogP contribution in [-0.4, -0.2) is 5.91 Å². The van der Waals surface area contributed by atoms with Crippen LogP contribution in [0, 0.1) is 0 Å². The maximum Gasteiger partial charge on any atom is 0.240 e. The molecule has 0 heterocycles. The first kappa shape index (κ1) is 12.1. The molecule has 0 atom stereocenters. The second-order valence-corrected chi connectivity index (χ2v) is 4.25. The van der Waals surface area contributed by atoms with Crippen LogP contribution in [0.1, 0.15) is 17.0 Å². The van der Waals surface area contributed by atoms with Crippen molar-refractivity contribution in [3.8, 4) is 0 Å². The fraction of sp³-hybridized carbons (Fsp3) is 0.0714. The monoisotopic (exact) mass is 337 g/mol. The molecule has 0 unspecified atom stereocenters. The molecule has 0 aliphatic heterocycles. The molecule has 2 rings (SSSR count). The van der Waals surface area contributed by atoms with E-state index in [1.165, 1.54) is 0 Å². The Morgan fingerprint density at radius 1 is 0.882 bits per heavy atom. The highest BCUT2D eigenvalue weighted by Crippen LogP contribution is 2.24. The van der Waals surface area contributed by atoms with Gasteiger partial charge in [-0.1, -0.05) is 60.7 Å². The van der Waals surface area contributed by atoms with Gasteiger partial charge in [-0.2, -0.15) is 0 Å². The third kappa shape index (κ3) is 2.85. The van der Waals surface area contributed by atoms with Crippen molar-refractivity contribution < 1.29 is 4.79 Å². The lowest BCUT2D eigenvalue weighted by atomic mass is 9.91. The molecule has 0 bridgehead atoms. The predicted octanol–water partition coefficient (Wildman–Crippen LogP) is 3.28. The molecule has 0 aliphatic rings. The van der Waals surface area contributed by atoms with Crippen LogP contribution in [-0.2, 0) is 4.79 Å². The summed E-state index contributed by atoms with van der Waals surface area (Å²) in [7, 11) is 0. The minimum absolute atomic E-state index is 0.00278. The molecule has 86 valence electrons. The van der Waals surface area contributed by atoms with Gasteiger partial charge in [0.15, 0.2) is 0 Å². The van der Waals surface area contributed by atoms with Gasteiger partial charge in [0.25, 0.3) is 0 Å². The molecular formula is C14H12INO. The maximum atomic E-state index is 12.0. The quantitative estimate of drug-likeness (QED) is 0.676. The number of hydrogen-bond donors (Lipinski definition) is 1. The Labute approximate surface area is 115 Å². The van der Waals surface area contributed by atoms with Crippen molar-refractivity contribution in [1.29, 1.82) is 0 Å². The molecule has 2 aromatic carbocycles. The Morgan fingerprint density at radius 2 is 1.29 bits per heavy atom. The Hall–Kier alpha value is -1.36. The Bertz CT molecular complexity index is 445. The molecule has 2 nitrogen and oxygen atoms in total. The largest absolute Gasteiger partial charge is 0.298 e. The van der Waals surface area contributed by atoms with Gasteiger partial charge in [-0.3, -0.25) is 8.32 Å². The maximum absolute atomic E-state index is 12.0. The van der Waals surface area contributed by atoms with E-state index < -0.39 is 0 Å². The highest BCUT2D eigenvalue weighted by molar-refractivity contribution is 14.1. The molecular weight excluding hydrogens is 325 g/mol. The first-order valence-corrected chi connectivity index (χ1v) is 6.41. The summed E-state index contributed by atoms with van der Waals surface area (Å²) in [6, 6.07) is 19.6. The summed E-state index contributed by atoms with van der Waals surface area (Å²) in [4.78, 5) is 12.0. The fourth-order valence-corrected chi connectivity index (χ4v) is 2.15. The average molecular weight is 337 g/mol. The van der Waals surface area contributed by atoms with E-state index in [1.807, 2.05) is 83.5 Å². The van der Waals surface area contributed by atoms with Gasteiger partial charge in [-0.05, 0) is 11.1 Å². The van der Waals surface area contributed by atoms with Crippen LogP contribution >= 0.6 is 22.9 Å². The van der Waals surface area contributed by atoms with Crippen LogP contribution in [0.5, 0.6) is 0 Å². The molecule has 0 aromatic heterocycles. The molecule has 3 heteroatoms. The molecule has 0 aliphatic carbocycles. The minimum atomic E-state index is -0.241.